The van der Waals surface area contributed by atoms with E-state index in [1.54, 1.807) is 4.52 Å². The van der Waals surface area contributed by atoms with Crippen LogP contribution in [0, 0.1) is 38.0 Å². The van der Waals surface area contributed by atoms with Gasteiger partial charge in [0.05, 0.1) is 36.0 Å². The first kappa shape index (κ1) is 27.6. The summed E-state index contributed by atoms with van der Waals surface area (Å²) in [7, 11) is -1.76. The first-order chi connectivity index (χ1) is 18.7. The molecule has 9 nitrogen and oxygen atoms in total. The topological polar surface area (TPSA) is 90.6 Å². The van der Waals surface area contributed by atoms with Crippen LogP contribution in [-0.4, -0.2) is 63.7 Å². The average molecular weight is 564 g/mol. The summed E-state index contributed by atoms with van der Waals surface area (Å²) in [4.78, 5) is 21.2. The monoisotopic (exact) mass is 563 g/mol. The van der Waals surface area contributed by atoms with Crippen LogP contribution in [0.4, 0.5) is 5.69 Å². The lowest BCUT2D eigenvalue weighted by molar-refractivity contribution is -0.291. The Morgan fingerprint density at radius 3 is 2.35 bits per heavy atom. The van der Waals surface area contributed by atoms with Crippen LogP contribution < -0.4 is 9.64 Å². The Morgan fingerprint density at radius 2 is 1.73 bits per heavy atom. The van der Waals surface area contributed by atoms with Crippen LogP contribution in [0.1, 0.15) is 70.5 Å². The number of rotatable bonds is 7. The van der Waals surface area contributed by atoms with Crippen LogP contribution in [0.15, 0.2) is 12.4 Å². The number of hydrogen-bond donors (Lipinski definition) is 0. The van der Waals surface area contributed by atoms with E-state index in [1.165, 1.54) is 0 Å². The third-order valence-electron chi connectivity index (χ3n) is 11.2. The zero-order valence-corrected chi connectivity index (χ0v) is 26.9. The Balaban J connectivity index is 1.10. The lowest BCUT2D eigenvalue weighted by Gasteiger charge is -2.80. The molecule has 1 saturated heterocycles. The average Bonchev–Trinajstić information content (AvgIpc) is 3.51. The summed E-state index contributed by atoms with van der Waals surface area (Å²) in [5.41, 5.74) is 3.20. The van der Waals surface area contributed by atoms with Gasteiger partial charge in [0.25, 0.3) is 5.78 Å². The Labute approximate surface area is 239 Å². The summed E-state index contributed by atoms with van der Waals surface area (Å²) in [5.74, 6) is 4.22. The molecule has 0 amide bonds. The molecule has 10 heteroatoms. The van der Waals surface area contributed by atoms with Crippen LogP contribution in [0.3, 0.4) is 0 Å². The Hall–Kier alpha value is -2.59. The minimum Gasteiger partial charge on any atom is -0.485 e. The Morgan fingerprint density at radius 1 is 1.05 bits per heavy atom. The van der Waals surface area contributed by atoms with Gasteiger partial charge >= 0.3 is 0 Å². The fraction of sp³-hybridized carbons (Fsp3) is 0.700. The van der Waals surface area contributed by atoms with E-state index in [2.05, 4.69) is 67.7 Å². The molecule has 0 spiro atoms. The van der Waals surface area contributed by atoms with Crippen molar-refractivity contribution in [3.05, 3.63) is 35.4 Å². The molecule has 1 aliphatic heterocycles. The van der Waals surface area contributed by atoms with Crippen LogP contribution in [0.25, 0.3) is 5.78 Å². The smallest absolute Gasteiger partial charge is 0.253 e. The summed E-state index contributed by atoms with van der Waals surface area (Å²) in [6, 6.07) is 0. The first-order valence-corrected chi connectivity index (χ1v) is 17.7. The summed E-state index contributed by atoms with van der Waals surface area (Å²) in [5, 5.41) is 4.70. The van der Waals surface area contributed by atoms with Crippen molar-refractivity contribution in [2.45, 2.75) is 97.9 Å². The highest BCUT2D eigenvalue weighted by molar-refractivity contribution is 6.74. The molecule has 0 N–H and O–H groups in total. The summed E-state index contributed by atoms with van der Waals surface area (Å²) in [6.07, 6.45) is 6.18. The van der Waals surface area contributed by atoms with Crippen molar-refractivity contribution >= 4 is 19.8 Å². The maximum atomic E-state index is 6.70. The van der Waals surface area contributed by atoms with Crippen molar-refractivity contribution < 1.29 is 9.16 Å². The van der Waals surface area contributed by atoms with E-state index in [1.807, 2.05) is 33.2 Å². The maximum Gasteiger partial charge on any atom is 0.253 e. The van der Waals surface area contributed by atoms with Crippen molar-refractivity contribution in [3.8, 4) is 5.75 Å². The Kier molecular flexibility index (Phi) is 6.17. The van der Waals surface area contributed by atoms with E-state index in [0.29, 0.717) is 23.4 Å². The van der Waals surface area contributed by atoms with Gasteiger partial charge in [0.15, 0.2) is 14.1 Å². The number of ether oxygens (including phenoxy) is 1. The highest BCUT2D eigenvalue weighted by Crippen LogP contribution is 2.80. The summed E-state index contributed by atoms with van der Waals surface area (Å²) in [6.45, 7) is 24.9. The second kappa shape index (κ2) is 8.95. The van der Waals surface area contributed by atoms with Gasteiger partial charge in [-0.05, 0) is 57.2 Å². The molecule has 2 bridgehead atoms. The van der Waals surface area contributed by atoms with Gasteiger partial charge in [0.1, 0.15) is 17.8 Å². The van der Waals surface area contributed by atoms with Gasteiger partial charge < -0.3 is 14.1 Å². The number of aromatic nitrogens is 6. The van der Waals surface area contributed by atoms with Crippen molar-refractivity contribution in [2.24, 2.45) is 17.3 Å². The second-order valence-electron chi connectivity index (χ2n) is 14.2. The lowest BCUT2D eigenvalue weighted by Crippen LogP contribution is -2.80. The largest absolute Gasteiger partial charge is 0.485 e. The Bertz CT molecular complexity index is 1430. The van der Waals surface area contributed by atoms with E-state index in [-0.39, 0.29) is 22.0 Å². The molecule has 216 valence electrons. The van der Waals surface area contributed by atoms with Gasteiger partial charge in [0.2, 0.25) is 0 Å². The quantitative estimate of drug-likeness (QED) is 0.352. The standard InChI is InChI=1S/C30H45N7O2Si/c1-18-25(19(2)37-27(33-18)34-22(5)35-37)39-24-11-12-36(15-24)23-13-31-26(32-14-23)30-16-29(20(30)3,21(30)4)17-38-40(9,10)28(6,7)8/h13-14,20-21,24H,11-12,15-17H2,1-10H3/t20-,21-,24+,29?,30?/m0/s1. The molecule has 4 heterocycles. The van der Waals surface area contributed by atoms with Crippen LogP contribution in [0.2, 0.25) is 18.1 Å². The van der Waals surface area contributed by atoms with E-state index in [9.17, 15) is 0 Å². The molecule has 0 aromatic carbocycles. The second-order valence-corrected chi connectivity index (χ2v) is 19.0. The molecule has 4 aliphatic rings. The molecule has 0 radical (unpaired) electrons. The summed E-state index contributed by atoms with van der Waals surface area (Å²) >= 11 is 0. The third-order valence-corrected chi connectivity index (χ3v) is 15.7. The maximum absolute atomic E-state index is 6.70. The zero-order valence-electron chi connectivity index (χ0n) is 25.9. The van der Waals surface area contributed by atoms with Crippen molar-refractivity contribution in [1.29, 1.82) is 0 Å². The van der Waals surface area contributed by atoms with E-state index in [4.69, 9.17) is 19.1 Å². The number of hydrogen-bond acceptors (Lipinski definition) is 8. The van der Waals surface area contributed by atoms with Gasteiger partial charge in [-0.3, -0.25) is 0 Å². The fourth-order valence-corrected chi connectivity index (χ4v) is 8.32. The minimum atomic E-state index is -1.76. The SMILES string of the molecule is Cc1nc2nc(C)c(O[C@@H]3CCN(c4cnc(C56CC(CO[Si](C)(C)C(C)(C)C)([C@@H]5C)[C@@H]6C)nc4)C3)c(C)n2n1. The molecule has 40 heavy (non-hydrogen) atoms. The van der Waals surface area contributed by atoms with Crippen molar-refractivity contribution in [1.82, 2.24) is 29.5 Å². The first-order valence-electron chi connectivity index (χ1n) is 14.8. The fourth-order valence-electron chi connectivity index (χ4n) is 7.25. The third kappa shape index (κ3) is 3.85. The predicted molar refractivity (Wildman–Crippen MR) is 158 cm³/mol. The highest BCUT2D eigenvalue weighted by atomic mass is 28.4. The van der Waals surface area contributed by atoms with E-state index in [0.717, 1.165) is 61.2 Å². The molecule has 4 fully saturated rings. The molecular weight excluding hydrogens is 518 g/mol. The molecule has 7 rings (SSSR count). The van der Waals surface area contributed by atoms with Gasteiger partial charge in [0, 0.05) is 30.4 Å². The number of nitrogens with zero attached hydrogens (tertiary/aromatic N) is 7. The van der Waals surface area contributed by atoms with Crippen molar-refractivity contribution in [2.75, 3.05) is 24.6 Å². The molecule has 3 aromatic rings. The van der Waals surface area contributed by atoms with Crippen LogP contribution >= 0.6 is 0 Å². The lowest BCUT2D eigenvalue weighted by atomic mass is 9.24. The van der Waals surface area contributed by atoms with Gasteiger partial charge in [-0.25, -0.2) is 15.0 Å². The van der Waals surface area contributed by atoms with Gasteiger partial charge in [-0.2, -0.15) is 9.50 Å². The number of aryl methyl sites for hydroxylation is 3. The molecule has 3 saturated carbocycles. The molecule has 3 aliphatic carbocycles. The highest BCUT2D eigenvalue weighted by Gasteiger charge is 2.80. The van der Waals surface area contributed by atoms with Crippen LogP contribution in [0.5, 0.6) is 5.75 Å². The van der Waals surface area contributed by atoms with Gasteiger partial charge in [-0.15, -0.1) is 5.10 Å². The summed E-state index contributed by atoms with van der Waals surface area (Å²) < 4.78 is 15.0. The normalized spacial score (nSPS) is 29.9. The minimum absolute atomic E-state index is 0.0689. The van der Waals surface area contributed by atoms with Crippen LogP contribution in [-0.2, 0) is 9.84 Å². The molecule has 0 unspecified atom stereocenters. The van der Waals surface area contributed by atoms with E-state index >= 15 is 0 Å². The molecule has 3 atom stereocenters. The van der Waals surface area contributed by atoms with Gasteiger partial charge in [-0.1, -0.05) is 34.6 Å². The number of fused-ring (bicyclic) bond motifs is 1. The molecular formula is C30H45N7O2Si. The number of anilines is 1. The molecule has 3 aromatic heterocycles. The van der Waals surface area contributed by atoms with E-state index < -0.39 is 8.32 Å². The zero-order chi connectivity index (χ0) is 28.8. The predicted octanol–water partition coefficient (Wildman–Crippen LogP) is 5.43. The van der Waals surface area contributed by atoms with Crippen molar-refractivity contribution in [3.63, 3.8) is 0 Å².